The van der Waals surface area contributed by atoms with Crippen LogP contribution in [0.15, 0.2) is 91.1 Å². The van der Waals surface area contributed by atoms with Crippen molar-refractivity contribution in [3.8, 4) is 6.07 Å². The third-order valence-electron chi connectivity index (χ3n) is 13.9. The standard InChI is InChI=1S/C51H66N10O6/c52-32-36-15-25-44(53-34-36)55-37-16-18-39(19-17-37)60(51(67)54-33-35-10-5-4-6-11-35)40-22-20-38(21-23-40)59-30-28-58(29-31-59)27-8-3-1-2-7-14-45(62)56-42-13-9-12-41-47(42)50(66)61(49(41)65)43-24-26-46(63)57-48(43)64/h4-6,9-13,15,20-23,25,34,37,39,43,46,48-50,57,63-66H,1-3,7-8,14,16-19,24,26-31,33H2,(H,53,55)(H,54,67)(H,56,62)/t37?,39?,43-,46-,48-,49-,50-/m1/s1. The van der Waals surface area contributed by atoms with E-state index in [1.165, 1.54) is 4.90 Å². The number of urea groups is 1. The summed E-state index contributed by atoms with van der Waals surface area (Å²) < 4.78 is 0. The molecule has 4 heterocycles. The van der Waals surface area contributed by atoms with Gasteiger partial charge in [0.1, 0.15) is 36.8 Å². The number of carbonyl (C=O) groups is 2. The van der Waals surface area contributed by atoms with E-state index < -0.39 is 31.0 Å². The molecule has 4 aliphatic rings. The highest BCUT2D eigenvalue weighted by Crippen LogP contribution is 2.46. The first-order valence-electron chi connectivity index (χ1n) is 24.1. The van der Waals surface area contributed by atoms with Crippen LogP contribution >= 0.6 is 0 Å². The number of fused-ring (bicyclic) bond motifs is 1. The minimum atomic E-state index is -1.22. The Labute approximate surface area is 393 Å². The van der Waals surface area contributed by atoms with E-state index in [1.54, 1.807) is 30.5 Å². The van der Waals surface area contributed by atoms with Crippen molar-refractivity contribution in [2.75, 3.05) is 53.2 Å². The zero-order valence-corrected chi connectivity index (χ0v) is 38.2. The maximum absolute atomic E-state index is 13.9. The molecule has 0 unspecified atom stereocenters. The van der Waals surface area contributed by atoms with Gasteiger partial charge in [-0.25, -0.2) is 14.7 Å². The van der Waals surface area contributed by atoms with E-state index in [0.717, 1.165) is 113 Å². The summed E-state index contributed by atoms with van der Waals surface area (Å²) in [4.78, 5) is 39.7. The SMILES string of the molecule is N#Cc1ccc(NC2CCC(N(C(=O)NCc3ccccc3)c3ccc(N4CCN(CCCCCCCC(=O)Nc5cccc6c5[C@@H](O)N([C@@H]5CC[C@@H](O)N[C@@H]5O)[C@@H]6O)CC4)cc3)CC2)nc1. The van der Waals surface area contributed by atoms with Crippen LogP contribution in [0.1, 0.15) is 112 Å². The Morgan fingerprint density at radius 1 is 0.791 bits per heavy atom. The average molecular weight is 915 g/mol. The Hall–Kier alpha value is -5.64. The number of carbonyl (C=O) groups excluding carboxylic acids is 2. The number of pyridine rings is 1. The van der Waals surface area contributed by atoms with E-state index in [-0.39, 0.29) is 24.0 Å². The fourth-order valence-electron chi connectivity index (χ4n) is 10.2. The van der Waals surface area contributed by atoms with E-state index >= 15 is 0 Å². The number of nitrogens with one attached hydrogen (secondary N) is 4. The van der Waals surface area contributed by atoms with Gasteiger partial charge in [-0.15, -0.1) is 0 Å². The molecule has 5 atom stereocenters. The number of rotatable bonds is 17. The Balaban J connectivity index is 0.748. The van der Waals surface area contributed by atoms with Gasteiger partial charge >= 0.3 is 6.03 Å². The van der Waals surface area contributed by atoms with Crippen LogP contribution in [-0.4, -0.2) is 110 Å². The van der Waals surface area contributed by atoms with Crippen LogP contribution in [0, 0.1) is 11.3 Å². The number of anilines is 4. The molecule has 3 aliphatic heterocycles. The minimum Gasteiger partial charge on any atom is -0.379 e. The second kappa shape index (κ2) is 22.9. The van der Waals surface area contributed by atoms with Gasteiger partial charge in [0, 0.05) is 85.6 Å². The summed E-state index contributed by atoms with van der Waals surface area (Å²) in [5.41, 5.74) is 5.01. The van der Waals surface area contributed by atoms with Crippen molar-refractivity contribution in [3.63, 3.8) is 0 Å². The largest absolute Gasteiger partial charge is 0.379 e. The third kappa shape index (κ3) is 12.1. The molecule has 2 saturated heterocycles. The molecule has 356 valence electrons. The Morgan fingerprint density at radius 2 is 1.54 bits per heavy atom. The molecule has 0 spiro atoms. The van der Waals surface area contributed by atoms with Crippen LogP contribution in [0.4, 0.5) is 27.7 Å². The average Bonchev–Trinajstić information content (AvgIpc) is 3.60. The van der Waals surface area contributed by atoms with Crippen LogP contribution in [0.3, 0.4) is 0 Å². The normalized spacial score (nSPS) is 24.3. The van der Waals surface area contributed by atoms with Crippen molar-refractivity contribution in [2.45, 2.75) is 127 Å². The van der Waals surface area contributed by atoms with Gasteiger partial charge < -0.3 is 41.3 Å². The first-order chi connectivity index (χ1) is 32.6. The molecule has 1 saturated carbocycles. The molecule has 0 radical (unpaired) electrons. The number of aliphatic hydroxyl groups excluding tert-OH is 4. The number of hydrogen-bond donors (Lipinski definition) is 8. The van der Waals surface area contributed by atoms with E-state index in [2.05, 4.69) is 66.4 Å². The summed E-state index contributed by atoms with van der Waals surface area (Å²) in [5, 5.41) is 64.1. The maximum atomic E-state index is 13.9. The number of nitrogens with zero attached hydrogens (tertiary/aromatic N) is 6. The molecular formula is C51H66N10O6. The summed E-state index contributed by atoms with van der Waals surface area (Å²) >= 11 is 0. The van der Waals surface area contributed by atoms with Crippen LogP contribution < -0.4 is 31.1 Å². The summed E-state index contributed by atoms with van der Waals surface area (Å²) in [6.07, 6.45) is 6.79. The molecule has 1 aliphatic carbocycles. The van der Waals surface area contributed by atoms with Gasteiger partial charge in [-0.1, -0.05) is 61.7 Å². The molecular weight excluding hydrogens is 849 g/mol. The molecule has 8 rings (SSSR count). The number of benzene rings is 3. The van der Waals surface area contributed by atoms with Crippen molar-refractivity contribution >= 4 is 34.8 Å². The predicted molar refractivity (Wildman–Crippen MR) is 258 cm³/mol. The van der Waals surface area contributed by atoms with Gasteiger partial charge in [0.15, 0.2) is 0 Å². The monoisotopic (exact) mass is 915 g/mol. The molecule has 67 heavy (non-hydrogen) atoms. The number of piperazine rings is 1. The van der Waals surface area contributed by atoms with Gasteiger partial charge in [-0.05, 0) is 106 Å². The van der Waals surface area contributed by atoms with Gasteiger partial charge in [-0.3, -0.25) is 19.9 Å². The molecule has 3 aromatic carbocycles. The Morgan fingerprint density at radius 3 is 2.25 bits per heavy atom. The zero-order valence-electron chi connectivity index (χ0n) is 38.2. The van der Waals surface area contributed by atoms with Crippen LogP contribution in [0.5, 0.6) is 0 Å². The van der Waals surface area contributed by atoms with Crippen LogP contribution in [-0.2, 0) is 11.3 Å². The smallest absolute Gasteiger partial charge is 0.322 e. The number of aromatic nitrogens is 1. The number of piperidine rings is 1. The lowest BCUT2D eigenvalue weighted by molar-refractivity contribution is -0.158. The topological polar surface area (TPSA) is 213 Å². The highest BCUT2D eigenvalue weighted by atomic mass is 16.3. The Bertz CT molecular complexity index is 2260. The molecule has 8 N–H and O–H groups in total. The van der Waals surface area contributed by atoms with Gasteiger partial charge in [0.2, 0.25) is 5.91 Å². The lowest BCUT2D eigenvalue weighted by Gasteiger charge is -2.40. The second-order valence-electron chi connectivity index (χ2n) is 18.4. The van der Waals surface area contributed by atoms with Crippen molar-refractivity contribution < 1.29 is 30.0 Å². The quantitative estimate of drug-likeness (QED) is 0.0583. The number of unbranched alkanes of at least 4 members (excludes halogenated alkanes) is 4. The molecule has 4 aromatic rings. The van der Waals surface area contributed by atoms with E-state index in [4.69, 9.17) is 5.26 Å². The summed E-state index contributed by atoms with van der Waals surface area (Å²) in [6, 6.07) is 29.0. The number of hydrogen-bond acceptors (Lipinski definition) is 13. The first kappa shape index (κ1) is 47.8. The summed E-state index contributed by atoms with van der Waals surface area (Å²) in [6.45, 7) is 5.34. The number of amides is 3. The molecule has 3 amide bonds. The zero-order chi connectivity index (χ0) is 46.7. The summed E-state index contributed by atoms with van der Waals surface area (Å²) in [5.74, 6) is 0.619. The van der Waals surface area contributed by atoms with Gasteiger partial charge in [0.05, 0.1) is 11.6 Å². The second-order valence-corrected chi connectivity index (χ2v) is 18.4. The molecule has 3 fully saturated rings. The maximum Gasteiger partial charge on any atom is 0.322 e. The summed E-state index contributed by atoms with van der Waals surface area (Å²) in [7, 11) is 0. The van der Waals surface area contributed by atoms with E-state index in [0.29, 0.717) is 48.2 Å². The third-order valence-corrected chi connectivity index (χ3v) is 13.9. The number of aliphatic hydroxyl groups is 4. The molecule has 0 bridgehead atoms. The van der Waals surface area contributed by atoms with Crippen molar-refractivity contribution in [1.82, 2.24) is 25.4 Å². The van der Waals surface area contributed by atoms with E-state index in [9.17, 15) is 30.0 Å². The number of nitriles is 1. The van der Waals surface area contributed by atoms with Crippen LogP contribution in [0.2, 0.25) is 0 Å². The lowest BCUT2D eigenvalue weighted by atomic mass is 9.90. The van der Waals surface area contributed by atoms with Crippen LogP contribution in [0.25, 0.3) is 0 Å². The molecule has 1 aromatic heterocycles. The van der Waals surface area contributed by atoms with Crippen molar-refractivity contribution in [2.24, 2.45) is 0 Å². The fourth-order valence-corrected chi connectivity index (χ4v) is 10.2. The van der Waals surface area contributed by atoms with Crippen molar-refractivity contribution in [3.05, 3.63) is 113 Å². The molecule has 16 heteroatoms. The fraction of sp³-hybridized carbons (Fsp3) is 0.490. The van der Waals surface area contributed by atoms with Gasteiger partial charge in [-0.2, -0.15) is 5.26 Å². The lowest BCUT2D eigenvalue weighted by Crippen LogP contribution is -2.57. The van der Waals surface area contributed by atoms with Gasteiger partial charge in [0.25, 0.3) is 0 Å². The predicted octanol–water partition coefficient (Wildman–Crippen LogP) is 5.88. The highest BCUT2D eigenvalue weighted by Gasteiger charge is 2.46. The molecule has 16 nitrogen and oxygen atoms in total. The first-order valence-corrected chi connectivity index (χ1v) is 24.1. The van der Waals surface area contributed by atoms with E-state index in [1.807, 2.05) is 41.3 Å². The Kier molecular flexibility index (Phi) is 16.4. The highest BCUT2D eigenvalue weighted by molar-refractivity contribution is 5.93. The van der Waals surface area contributed by atoms with Crippen molar-refractivity contribution in [1.29, 1.82) is 5.26 Å². The minimum absolute atomic E-state index is 0.0527.